The van der Waals surface area contributed by atoms with Gasteiger partial charge in [0.15, 0.2) is 0 Å². The standard InChI is InChI=1S/C35H44O9/c36-33(37)18-10-11-19-34(38)43-28-26-41-24-22-39-20-21-40-23-25-42-27-29-44-35(30-12-4-1-5-13-30,31-14-6-2-7-15-31)32-16-8-3-9-17-32/h1-9,12-17H,10-11,18-29H2,(H,36,37). The number of ether oxygens (including phenoxy) is 6. The van der Waals surface area contributed by atoms with Crippen molar-refractivity contribution in [2.75, 3.05) is 66.1 Å². The number of aliphatic carboxylic acids is 1. The molecule has 0 fully saturated rings. The molecular weight excluding hydrogens is 564 g/mol. The first-order valence-corrected chi connectivity index (χ1v) is 15.1. The number of carbonyl (C=O) groups is 2. The first-order chi connectivity index (χ1) is 21.6. The fraction of sp³-hybridized carbons (Fsp3) is 0.429. The van der Waals surface area contributed by atoms with E-state index in [-0.39, 0.29) is 32.0 Å². The molecule has 3 aromatic rings. The molecule has 0 saturated heterocycles. The smallest absolute Gasteiger partial charge is 0.305 e. The topological polar surface area (TPSA) is 110 Å². The molecule has 0 saturated carbocycles. The Morgan fingerprint density at radius 3 is 1.27 bits per heavy atom. The van der Waals surface area contributed by atoms with E-state index in [1.165, 1.54) is 0 Å². The fourth-order valence-corrected chi connectivity index (χ4v) is 4.62. The van der Waals surface area contributed by atoms with Crippen molar-refractivity contribution in [3.05, 3.63) is 108 Å². The highest BCUT2D eigenvalue weighted by Gasteiger charge is 2.37. The minimum absolute atomic E-state index is 0.0614. The lowest BCUT2D eigenvalue weighted by atomic mass is 9.80. The van der Waals surface area contributed by atoms with Crippen LogP contribution in [0.5, 0.6) is 0 Å². The van der Waals surface area contributed by atoms with Gasteiger partial charge in [-0.25, -0.2) is 0 Å². The number of benzene rings is 3. The second-order valence-corrected chi connectivity index (χ2v) is 9.90. The van der Waals surface area contributed by atoms with Crippen LogP contribution < -0.4 is 0 Å². The summed E-state index contributed by atoms with van der Waals surface area (Å²) in [5, 5.41) is 8.58. The second kappa shape index (κ2) is 21.2. The Kier molecular flexibility index (Phi) is 16.8. The van der Waals surface area contributed by atoms with Crippen LogP contribution in [0, 0.1) is 0 Å². The van der Waals surface area contributed by atoms with Crippen molar-refractivity contribution >= 4 is 11.9 Å². The number of carboxylic acids is 1. The summed E-state index contributed by atoms with van der Waals surface area (Å²) in [6.45, 7) is 3.83. The predicted octanol–water partition coefficient (Wildman–Crippen LogP) is 5.25. The van der Waals surface area contributed by atoms with E-state index in [0.717, 1.165) is 16.7 Å². The Morgan fingerprint density at radius 1 is 0.500 bits per heavy atom. The third kappa shape index (κ3) is 12.6. The minimum atomic E-state index is -0.860. The molecule has 9 nitrogen and oxygen atoms in total. The highest BCUT2D eigenvalue weighted by molar-refractivity contribution is 5.69. The molecule has 0 radical (unpaired) electrons. The molecule has 0 aliphatic heterocycles. The average Bonchev–Trinajstić information content (AvgIpc) is 3.06. The van der Waals surface area contributed by atoms with E-state index in [0.29, 0.717) is 65.7 Å². The van der Waals surface area contributed by atoms with E-state index in [4.69, 9.17) is 33.5 Å². The molecule has 3 rings (SSSR count). The van der Waals surface area contributed by atoms with Gasteiger partial charge in [-0.3, -0.25) is 9.59 Å². The molecule has 0 unspecified atom stereocenters. The Hall–Kier alpha value is -3.60. The first-order valence-electron chi connectivity index (χ1n) is 15.1. The van der Waals surface area contributed by atoms with Crippen LogP contribution in [0.1, 0.15) is 42.4 Å². The highest BCUT2D eigenvalue weighted by Crippen LogP contribution is 2.40. The zero-order valence-corrected chi connectivity index (χ0v) is 25.3. The van der Waals surface area contributed by atoms with E-state index < -0.39 is 11.6 Å². The Labute approximate surface area is 260 Å². The monoisotopic (exact) mass is 608 g/mol. The number of rotatable bonds is 24. The summed E-state index contributed by atoms with van der Waals surface area (Å²) in [5.41, 5.74) is 2.39. The predicted molar refractivity (Wildman–Crippen MR) is 165 cm³/mol. The maximum absolute atomic E-state index is 11.5. The van der Waals surface area contributed by atoms with Crippen molar-refractivity contribution in [2.24, 2.45) is 0 Å². The van der Waals surface area contributed by atoms with E-state index in [2.05, 4.69) is 36.4 Å². The third-order valence-corrected chi connectivity index (χ3v) is 6.72. The summed E-state index contributed by atoms with van der Waals surface area (Å²) in [7, 11) is 0. The quantitative estimate of drug-likeness (QED) is 0.0829. The molecule has 0 atom stereocenters. The average molecular weight is 609 g/mol. The number of hydrogen-bond acceptors (Lipinski definition) is 8. The van der Waals surface area contributed by atoms with Crippen molar-refractivity contribution in [2.45, 2.75) is 31.3 Å². The van der Waals surface area contributed by atoms with Gasteiger partial charge in [0.2, 0.25) is 0 Å². The highest BCUT2D eigenvalue weighted by atomic mass is 16.6. The van der Waals surface area contributed by atoms with Crippen LogP contribution in [0.4, 0.5) is 0 Å². The molecule has 0 heterocycles. The summed E-state index contributed by atoms with van der Waals surface area (Å²) in [6.07, 6.45) is 1.24. The number of unbranched alkanes of at least 4 members (excludes halogenated alkanes) is 1. The van der Waals surface area contributed by atoms with Crippen molar-refractivity contribution in [3.8, 4) is 0 Å². The van der Waals surface area contributed by atoms with Gasteiger partial charge >= 0.3 is 11.9 Å². The lowest BCUT2D eigenvalue weighted by Gasteiger charge is -2.36. The summed E-state index contributed by atoms with van der Waals surface area (Å²) >= 11 is 0. The third-order valence-electron chi connectivity index (χ3n) is 6.72. The first kappa shape index (κ1) is 34.9. The van der Waals surface area contributed by atoms with Gasteiger partial charge in [-0.1, -0.05) is 91.0 Å². The van der Waals surface area contributed by atoms with Gasteiger partial charge in [-0.2, -0.15) is 0 Å². The Morgan fingerprint density at radius 2 is 0.864 bits per heavy atom. The Bertz CT molecular complexity index is 1080. The normalized spacial score (nSPS) is 11.4. The minimum Gasteiger partial charge on any atom is -0.481 e. The molecular formula is C35H44O9. The molecule has 44 heavy (non-hydrogen) atoms. The zero-order chi connectivity index (χ0) is 31.1. The van der Waals surface area contributed by atoms with Crippen LogP contribution in [-0.2, 0) is 43.6 Å². The lowest BCUT2D eigenvalue weighted by Crippen LogP contribution is -2.34. The van der Waals surface area contributed by atoms with Gasteiger partial charge in [-0.15, -0.1) is 0 Å². The SMILES string of the molecule is O=C(O)CCCCC(=O)OCCOCCOCCOCCOCCOC(c1ccccc1)(c1ccccc1)c1ccccc1. The van der Waals surface area contributed by atoms with Crippen LogP contribution in [0.3, 0.4) is 0 Å². The Balaban J connectivity index is 1.25. The van der Waals surface area contributed by atoms with Crippen LogP contribution in [0.2, 0.25) is 0 Å². The second-order valence-electron chi connectivity index (χ2n) is 9.90. The number of carboxylic acid groups (broad SMARTS) is 1. The molecule has 0 aromatic heterocycles. The zero-order valence-electron chi connectivity index (χ0n) is 25.3. The number of hydrogen-bond donors (Lipinski definition) is 1. The number of carbonyl (C=O) groups excluding carboxylic acids is 1. The van der Waals surface area contributed by atoms with Crippen molar-refractivity contribution in [3.63, 3.8) is 0 Å². The van der Waals surface area contributed by atoms with Crippen LogP contribution in [0.25, 0.3) is 0 Å². The molecule has 0 aliphatic carbocycles. The molecule has 1 N–H and O–H groups in total. The van der Waals surface area contributed by atoms with Crippen LogP contribution >= 0.6 is 0 Å². The van der Waals surface area contributed by atoms with Crippen molar-refractivity contribution < 1.29 is 43.1 Å². The maximum Gasteiger partial charge on any atom is 0.305 e. The molecule has 0 spiro atoms. The van der Waals surface area contributed by atoms with Crippen LogP contribution in [-0.4, -0.2) is 83.1 Å². The molecule has 9 heteroatoms. The van der Waals surface area contributed by atoms with E-state index in [1.54, 1.807) is 0 Å². The van der Waals surface area contributed by atoms with Gasteiger partial charge in [-0.05, 0) is 29.5 Å². The van der Waals surface area contributed by atoms with Crippen LogP contribution in [0.15, 0.2) is 91.0 Å². The maximum atomic E-state index is 11.5. The van der Waals surface area contributed by atoms with Crippen molar-refractivity contribution in [1.29, 1.82) is 0 Å². The van der Waals surface area contributed by atoms with Gasteiger partial charge in [0.05, 0.1) is 59.5 Å². The molecule has 0 amide bonds. The summed E-state index contributed by atoms with van der Waals surface area (Å²) in [6, 6.07) is 30.8. The molecule has 3 aromatic carbocycles. The fourth-order valence-electron chi connectivity index (χ4n) is 4.62. The van der Waals surface area contributed by atoms with E-state index in [9.17, 15) is 9.59 Å². The van der Waals surface area contributed by atoms with Gasteiger partial charge in [0.1, 0.15) is 12.2 Å². The van der Waals surface area contributed by atoms with Gasteiger partial charge < -0.3 is 33.5 Å². The van der Waals surface area contributed by atoms with E-state index in [1.807, 2.05) is 54.6 Å². The van der Waals surface area contributed by atoms with Gasteiger partial charge in [0, 0.05) is 12.8 Å². The van der Waals surface area contributed by atoms with E-state index >= 15 is 0 Å². The van der Waals surface area contributed by atoms with Gasteiger partial charge in [0.25, 0.3) is 0 Å². The largest absolute Gasteiger partial charge is 0.481 e. The number of esters is 1. The molecule has 238 valence electrons. The van der Waals surface area contributed by atoms with Crippen molar-refractivity contribution in [1.82, 2.24) is 0 Å². The summed E-state index contributed by atoms with van der Waals surface area (Å²) < 4.78 is 34.0. The lowest BCUT2D eigenvalue weighted by molar-refractivity contribution is -0.146. The molecule has 0 aliphatic rings. The summed E-state index contributed by atoms with van der Waals surface area (Å²) in [5.74, 6) is -1.20. The molecule has 0 bridgehead atoms. The summed E-state index contributed by atoms with van der Waals surface area (Å²) in [4.78, 5) is 22.0.